The average Bonchev–Trinajstić information content (AvgIpc) is 2.40. The molecule has 1 aliphatic rings. The lowest BCUT2D eigenvalue weighted by molar-refractivity contribution is 0.0959. The first-order chi connectivity index (χ1) is 5.38. The van der Waals surface area contributed by atoms with Crippen molar-refractivity contribution in [1.82, 2.24) is 5.32 Å². The molecule has 0 atom stereocenters. The fourth-order valence-corrected chi connectivity index (χ4v) is 1.26. The van der Waals surface area contributed by atoms with Crippen LogP contribution in [0, 0.1) is 0 Å². The van der Waals surface area contributed by atoms with Crippen LogP contribution in [0.5, 0.6) is 0 Å². The van der Waals surface area contributed by atoms with E-state index in [0.717, 1.165) is 18.7 Å². The molecule has 0 saturated carbocycles. The molecule has 2 rings (SSSR count). The van der Waals surface area contributed by atoms with E-state index in [4.69, 9.17) is 4.42 Å². The number of carbonyl (C=O) groups excluding carboxylic acids is 1. The van der Waals surface area contributed by atoms with Gasteiger partial charge in [0.15, 0.2) is 11.5 Å². The molecule has 0 fully saturated rings. The van der Waals surface area contributed by atoms with E-state index in [-0.39, 0.29) is 5.78 Å². The molecule has 58 valence electrons. The van der Waals surface area contributed by atoms with Gasteiger partial charge in [-0.05, 0) is 6.07 Å². The van der Waals surface area contributed by atoms with Gasteiger partial charge in [-0.15, -0.1) is 0 Å². The van der Waals surface area contributed by atoms with Crippen LogP contribution in [0.3, 0.4) is 0 Å². The number of carbonyl (C=O) groups is 1. The Balaban J connectivity index is 2.41. The lowest BCUT2D eigenvalue weighted by atomic mass is 10.2. The number of furan rings is 1. The standard InChI is InChI=1S/C8H9NO2/c10-7-1-3-9-5-6-2-4-11-8(6)7/h2,4,9H,1,3,5H2. The summed E-state index contributed by atoms with van der Waals surface area (Å²) >= 11 is 0. The highest BCUT2D eigenvalue weighted by Gasteiger charge is 2.17. The number of hydrogen-bond donors (Lipinski definition) is 1. The molecule has 0 bridgehead atoms. The van der Waals surface area contributed by atoms with Crippen molar-refractivity contribution >= 4 is 5.78 Å². The fraction of sp³-hybridized carbons (Fsp3) is 0.375. The van der Waals surface area contributed by atoms with Gasteiger partial charge in [-0.2, -0.15) is 0 Å². The van der Waals surface area contributed by atoms with Crippen LogP contribution >= 0.6 is 0 Å². The van der Waals surface area contributed by atoms with Gasteiger partial charge in [0, 0.05) is 25.1 Å². The van der Waals surface area contributed by atoms with Gasteiger partial charge in [0.2, 0.25) is 0 Å². The molecular weight excluding hydrogens is 142 g/mol. The molecule has 3 nitrogen and oxygen atoms in total. The van der Waals surface area contributed by atoms with Crippen LogP contribution < -0.4 is 5.32 Å². The molecule has 0 amide bonds. The van der Waals surface area contributed by atoms with Crippen LogP contribution in [0.1, 0.15) is 22.5 Å². The molecule has 0 aromatic carbocycles. The Bertz CT molecular complexity index is 277. The second-order valence-electron chi connectivity index (χ2n) is 2.62. The van der Waals surface area contributed by atoms with Crippen molar-refractivity contribution in [1.29, 1.82) is 0 Å². The smallest absolute Gasteiger partial charge is 0.199 e. The van der Waals surface area contributed by atoms with E-state index in [1.54, 1.807) is 6.26 Å². The Morgan fingerprint density at radius 3 is 3.36 bits per heavy atom. The van der Waals surface area contributed by atoms with Crippen LogP contribution in [-0.4, -0.2) is 12.3 Å². The Kier molecular flexibility index (Phi) is 1.51. The molecule has 0 unspecified atom stereocenters. The Morgan fingerprint density at radius 1 is 1.55 bits per heavy atom. The molecule has 0 spiro atoms. The molecule has 1 aromatic rings. The average molecular weight is 151 g/mol. The topological polar surface area (TPSA) is 42.2 Å². The maximum absolute atomic E-state index is 11.2. The highest BCUT2D eigenvalue weighted by Crippen LogP contribution is 2.14. The van der Waals surface area contributed by atoms with E-state index in [2.05, 4.69) is 5.32 Å². The maximum Gasteiger partial charge on any atom is 0.199 e. The summed E-state index contributed by atoms with van der Waals surface area (Å²) in [5, 5.41) is 3.14. The predicted molar refractivity (Wildman–Crippen MR) is 39.4 cm³/mol. The van der Waals surface area contributed by atoms with Gasteiger partial charge in [0.25, 0.3) is 0 Å². The van der Waals surface area contributed by atoms with Crippen molar-refractivity contribution < 1.29 is 9.21 Å². The zero-order valence-electron chi connectivity index (χ0n) is 6.09. The number of Topliss-reactive ketones (excluding diaryl/α,β-unsaturated/α-hetero) is 1. The molecule has 0 saturated heterocycles. The highest BCUT2D eigenvalue weighted by atomic mass is 16.3. The summed E-state index contributed by atoms with van der Waals surface area (Å²) in [5.74, 6) is 0.644. The van der Waals surface area contributed by atoms with Gasteiger partial charge < -0.3 is 9.73 Å². The Labute approximate surface area is 64.4 Å². The van der Waals surface area contributed by atoms with Crippen LogP contribution in [0.25, 0.3) is 0 Å². The molecule has 1 aromatic heterocycles. The van der Waals surface area contributed by atoms with Crippen molar-refractivity contribution in [3.63, 3.8) is 0 Å². The second kappa shape index (κ2) is 2.51. The molecule has 0 aliphatic carbocycles. The summed E-state index contributed by atoms with van der Waals surface area (Å²) in [5.41, 5.74) is 0.979. The van der Waals surface area contributed by atoms with Crippen molar-refractivity contribution in [3.8, 4) is 0 Å². The maximum atomic E-state index is 11.2. The number of ketones is 1. The summed E-state index contributed by atoms with van der Waals surface area (Å²) in [6.45, 7) is 1.50. The molecule has 0 radical (unpaired) electrons. The zero-order chi connectivity index (χ0) is 7.68. The van der Waals surface area contributed by atoms with Crippen LogP contribution in [0.4, 0.5) is 0 Å². The first-order valence-corrected chi connectivity index (χ1v) is 3.68. The van der Waals surface area contributed by atoms with Gasteiger partial charge >= 0.3 is 0 Å². The van der Waals surface area contributed by atoms with Crippen molar-refractivity contribution in [2.75, 3.05) is 6.54 Å². The normalized spacial score (nSPS) is 17.6. The van der Waals surface area contributed by atoms with Crippen LogP contribution in [0.2, 0.25) is 0 Å². The minimum atomic E-state index is 0.106. The first kappa shape index (κ1) is 6.61. The third-order valence-corrected chi connectivity index (χ3v) is 1.84. The number of fused-ring (bicyclic) bond motifs is 1. The van der Waals surface area contributed by atoms with E-state index in [1.165, 1.54) is 0 Å². The van der Waals surface area contributed by atoms with Gasteiger partial charge in [-0.3, -0.25) is 4.79 Å². The van der Waals surface area contributed by atoms with Crippen molar-refractivity contribution in [2.45, 2.75) is 13.0 Å². The lowest BCUT2D eigenvalue weighted by Crippen LogP contribution is -2.12. The fourth-order valence-electron chi connectivity index (χ4n) is 1.26. The van der Waals surface area contributed by atoms with Crippen LogP contribution in [0.15, 0.2) is 16.7 Å². The van der Waals surface area contributed by atoms with E-state index in [9.17, 15) is 4.79 Å². The molecule has 3 heteroatoms. The molecule has 1 aliphatic heterocycles. The van der Waals surface area contributed by atoms with E-state index in [1.807, 2.05) is 6.07 Å². The number of rotatable bonds is 0. The molecule has 1 N–H and O–H groups in total. The molecular formula is C8H9NO2. The molecule has 2 heterocycles. The monoisotopic (exact) mass is 151 g/mol. The Morgan fingerprint density at radius 2 is 2.45 bits per heavy atom. The summed E-state index contributed by atoms with van der Waals surface area (Å²) in [4.78, 5) is 11.2. The van der Waals surface area contributed by atoms with Gasteiger partial charge in [-0.1, -0.05) is 0 Å². The quantitative estimate of drug-likeness (QED) is 0.600. The van der Waals surface area contributed by atoms with Gasteiger partial charge in [0.1, 0.15) is 0 Å². The summed E-state index contributed by atoms with van der Waals surface area (Å²) < 4.78 is 5.06. The predicted octanol–water partition coefficient (Wildman–Crippen LogP) is 0.956. The summed E-state index contributed by atoms with van der Waals surface area (Å²) in [6, 6.07) is 1.84. The third-order valence-electron chi connectivity index (χ3n) is 1.84. The van der Waals surface area contributed by atoms with Crippen molar-refractivity contribution in [3.05, 3.63) is 23.7 Å². The lowest BCUT2D eigenvalue weighted by Gasteiger charge is -1.93. The van der Waals surface area contributed by atoms with E-state index < -0.39 is 0 Å². The summed E-state index contributed by atoms with van der Waals surface area (Å²) in [6.07, 6.45) is 2.11. The third kappa shape index (κ3) is 1.07. The van der Waals surface area contributed by atoms with E-state index in [0.29, 0.717) is 12.2 Å². The number of hydrogen-bond acceptors (Lipinski definition) is 3. The zero-order valence-corrected chi connectivity index (χ0v) is 6.09. The SMILES string of the molecule is O=C1CCNCc2ccoc21. The number of nitrogens with one attached hydrogen (secondary N) is 1. The summed E-state index contributed by atoms with van der Waals surface area (Å²) in [7, 11) is 0. The molecule has 11 heavy (non-hydrogen) atoms. The first-order valence-electron chi connectivity index (χ1n) is 3.68. The second-order valence-corrected chi connectivity index (χ2v) is 2.62. The highest BCUT2D eigenvalue weighted by molar-refractivity contribution is 5.95. The van der Waals surface area contributed by atoms with E-state index >= 15 is 0 Å². The Hall–Kier alpha value is -1.09. The van der Waals surface area contributed by atoms with Crippen LogP contribution in [-0.2, 0) is 6.54 Å². The minimum absolute atomic E-state index is 0.106. The minimum Gasteiger partial charge on any atom is -0.461 e. The van der Waals surface area contributed by atoms with Gasteiger partial charge in [-0.25, -0.2) is 0 Å². The largest absolute Gasteiger partial charge is 0.461 e. The van der Waals surface area contributed by atoms with Crippen molar-refractivity contribution in [2.24, 2.45) is 0 Å². The van der Waals surface area contributed by atoms with Gasteiger partial charge in [0.05, 0.1) is 6.26 Å².